The van der Waals surface area contributed by atoms with E-state index in [1.165, 1.54) is 0 Å². The first-order valence-corrected chi connectivity index (χ1v) is 6.19. The number of nitrogens with one attached hydrogen (secondary N) is 1. The summed E-state index contributed by atoms with van der Waals surface area (Å²) in [6, 6.07) is 13.1. The van der Waals surface area contributed by atoms with E-state index in [9.17, 15) is 4.79 Å². The lowest BCUT2D eigenvalue weighted by atomic mass is 10.1. The van der Waals surface area contributed by atoms with Gasteiger partial charge in [-0.05, 0) is 49.2 Å². The molecule has 1 N–H and O–H groups in total. The summed E-state index contributed by atoms with van der Waals surface area (Å²) in [7, 11) is 0. The van der Waals surface area contributed by atoms with Crippen molar-refractivity contribution in [3.05, 3.63) is 59.2 Å². The minimum Gasteiger partial charge on any atom is -0.322 e. The van der Waals surface area contributed by atoms with E-state index in [-0.39, 0.29) is 5.91 Å². The zero-order chi connectivity index (χ0) is 13.1. The number of anilines is 1. The van der Waals surface area contributed by atoms with Gasteiger partial charge in [-0.1, -0.05) is 18.2 Å². The van der Waals surface area contributed by atoms with Crippen molar-refractivity contribution in [2.75, 3.05) is 5.32 Å². The number of hydrogen-bond acceptors (Lipinski definition) is 2. The molecule has 0 aliphatic rings. The Balaban J connectivity index is 2.24. The van der Waals surface area contributed by atoms with Crippen LogP contribution in [0.4, 0.5) is 5.69 Å². The summed E-state index contributed by atoms with van der Waals surface area (Å²) in [5, 5.41) is 2.95. The number of carbonyl (C=O) groups excluding carboxylic acids is 1. The smallest absolute Gasteiger partial charge is 0.255 e. The van der Waals surface area contributed by atoms with E-state index in [2.05, 4.69) is 17.9 Å². The second-order valence-corrected chi connectivity index (χ2v) is 4.78. The average Bonchev–Trinajstić information content (AvgIpc) is 2.34. The van der Waals surface area contributed by atoms with E-state index < -0.39 is 0 Å². The fourth-order valence-corrected chi connectivity index (χ4v) is 1.96. The first-order chi connectivity index (χ1) is 8.58. The Labute approximate surface area is 112 Å². The monoisotopic (exact) mass is 257 g/mol. The summed E-state index contributed by atoms with van der Waals surface area (Å²) in [5.74, 6) is -0.0965. The van der Waals surface area contributed by atoms with Crippen LogP contribution in [0.5, 0.6) is 0 Å². The Morgan fingerprint density at radius 3 is 2.11 bits per heavy atom. The fourth-order valence-electron chi connectivity index (χ4n) is 1.81. The molecular formula is C15H15NOS. The average molecular weight is 257 g/mol. The van der Waals surface area contributed by atoms with Gasteiger partial charge in [0.1, 0.15) is 0 Å². The van der Waals surface area contributed by atoms with Crippen LogP contribution in [0.15, 0.2) is 47.4 Å². The van der Waals surface area contributed by atoms with Crippen molar-refractivity contribution in [2.45, 2.75) is 18.7 Å². The van der Waals surface area contributed by atoms with Crippen molar-refractivity contribution in [1.29, 1.82) is 0 Å². The predicted molar refractivity (Wildman–Crippen MR) is 77.6 cm³/mol. The first kappa shape index (κ1) is 12.7. The van der Waals surface area contributed by atoms with Crippen molar-refractivity contribution < 1.29 is 4.79 Å². The van der Waals surface area contributed by atoms with Gasteiger partial charge in [-0.2, -0.15) is 0 Å². The Morgan fingerprint density at radius 2 is 1.56 bits per heavy atom. The minimum absolute atomic E-state index is 0.0965. The molecule has 0 aliphatic heterocycles. The predicted octanol–water partition coefficient (Wildman–Crippen LogP) is 3.84. The maximum atomic E-state index is 12.1. The molecule has 2 nitrogen and oxygen atoms in total. The van der Waals surface area contributed by atoms with Gasteiger partial charge >= 0.3 is 0 Å². The van der Waals surface area contributed by atoms with Crippen LogP contribution in [0.1, 0.15) is 21.5 Å². The lowest BCUT2D eigenvalue weighted by Gasteiger charge is -2.11. The third-order valence-corrected chi connectivity index (χ3v) is 3.15. The summed E-state index contributed by atoms with van der Waals surface area (Å²) < 4.78 is 0. The quantitative estimate of drug-likeness (QED) is 0.786. The molecule has 0 aliphatic carbocycles. The molecule has 1 amide bonds. The third-order valence-electron chi connectivity index (χ3n) is 2.85. The Bertz CT molecular complexity index is 555. The van der Waals surface area contributed by atoms with Crippen molar-refractivity contribution in [3.63, 3.8) is 0 Å². The van der Waals surface area contributed by atoms with Gasteiger partial charge in [0.05, 0.1) is 0 Å². The van der Waals surface area contributed by atoms with Crippen molar-refractivity contribution >= 4 is 24.2 Å². The molecule has 0 fully saturated rings. The molecule has 2 aromatic rings. The van der Waals surface area contributed by atoms with Crippen molar-refractivity contribution in [1.82, 2.24) is 0 Å². The van der Waals surface area contributed by atoms with Gasteiger partial charge in [0.2, 0.25) is 0 Å². The number of para-hydroxylation sites is 1. The van der Waals surface area contributed by atoms with Crippen LogP contribution in [-0.2, 0) is 0 Å². The maximum Gasteiger partial charge on any atom is 0.255 e. The highest BCUT2D eigenvalue weighted by Gasteiger charge is 2.08. The molecule has 92 valence electrons. The highest BCUT2D eigenvalue weighted by molar-refractivity contribution is 7.80. The molecule has 2 rings (SSSR count). The first-order valence-electron chi connectivity index (χ1n) is 5.74. The normalized spacial score (nSPS) is 10.2. The fraction of sp³-hybridized carbons (Fsp3) is 0.133. The van der Waals surface area contributed by atoms with Crippen LogP contribution in [0.3, 0.4) is 0 Å². The zero-order valence-electron chi connectivity index (χ0n) is 10.4. The van der Waals surface area contributed by atoms with Crippen LogP contribution in [0.2, 0.25) is 0 Å². The highest BCUT2D eigenvalue weighted by atomic mass is 32.1. The van der Waals surface area contributed by atoms with Gasteiger partial charge in [-0.15, -0.1) is 12.6 Å². The highest BCUT2D eigenvalue weighted by Crippen LogP contribution is 2.20. The molecule has 2 aromatic carbocycles. The van der Waals surface area contributed by atoms with Gasteiger partial charge in [0, 0.05) is 16.1 Å². The number of carbonyl (C=O) groups is 1. The van der Waals surface area contributed by atoms with Crippen LogP contribution in [0, 0.1) is 13.8 Å². The van der Waals surface area contributed by atoms with Gasteiger partial charge in [-0.3, -0.25) is 4.79 Å². The molecule has 0 aromatic heterocycles. The summed E-state index contributed by atoms with van der Waals surface area (Å²) in [6.07, 6.45) is 0. The molecule has 3 heteroatoms. The van der Waals surface area contributed by atoms with E-state index in [0.29, 0.717) is 5.56 Å². The summed E-state index contributed by atoms with van der Waals surface area (Å²) in [5.41, 5.74) is 3.65. The minimum atomic E-state index is -0.0965. The standard InChI is InChI=1S/C15H15NOS/c1-10-4-3-5-11(2)14(10)16-15(17)12-6-8-13(18)9-7-12/h3-9,18H,1-2H3,(H,16,17). The second kappa shape index (κ2) is 5.27. The number of hydrogen-bond donors (Lipinski definition) is 2. The number of aryl methyl sites for hydroxylation is 2. The molecule has 18 heavy (non-hydrogen) atoms. The molecule has 0 spiro atoms. The lowest BCUT2D eigenvalue weighted by Crippen LogP contribution is -2.13. The number of rotatable bonds is 2. The summed E-state index contributed by atoms with van der Waals surface area (Å²) in [6.45, 7) is 3.97. The molecule has 0 unspecified atom stereocenters. The SMILES string of the molecule is Cc1cccc(C)c1NC(=O)c1ccc(S)cc1. The van der Waals surface area contributed by atoms with Crippen molar-refractivity contribution in [3.8, 4) is 0 Å². The van der Waals surface area contributed by atoms with Gasteiger partial charge in [0.15, 0.2) is 0 Å². The van der Waals surface area contributed by atoms with Gasteiger partial charge in [-0.25, -0.2) is 0 Å². The van der Waals surface area contributed by atoms with Crippen LogP contribution in [0.25, 0.3) is 0 Å². The van der Waals surface area contributed by atoms with E-state index in [1.807, 2.05) is 44.2 Å². The molecule has 0 saturated heterocycles. The van der Waals surface area contributed by atoms with Crippen LogP contribution in [-0.4, -0.2) is 5.91 Å². The summed E-state index contributed by atoms with van der Waals surface area (Å²) in [4.78, 5) is 12.9. The van der Waals surface area contributed by atoms with Crippen LogP contribution < -0.4 is 5.32 Å². The van der Waals surface area contributed by atoms with E-state index in [0.717, 1.165) is 21.7 Å². The largest absolute Gasteiger partial charge is 0.322 e. The summed E-state index contributed by atoms with van der Waals surface area (Å²) >= 11 is 4.20. The molecule has 0 saturated carbocycles. The zero-order valence-corrected chi connectivity index (χ0v) is 11.3. The van der Waals surface area contributed by atoms with E-state index >= 15 is 0 Å². The third kappa shape index (κ3) is 2.74. The van der Waals surface area contributed by atoms with Gasteiger partial charge in [0.25, 0.3) is 5.91 Å². The lowest BCUT2D eigenvalue weighted by molar-refractivity contribution is 0.102. The molecule has 0 atom stereocenters. The van der Waals surface area contributed by atoms with Crippen molar-refractivity contribution in [2.24, 2.45) is 0 Å². The van der Waals surface area contributed by atoms with E-state index in [1.54, 1.807) is 12.1 Å². The number of amides is 1. The molecule has 0 bridgehead atoms. The molecular weight excluding hydrogens is 242 g/mol. The molecule has 0 radical (unpaired) electrons. The maximum absolute atomic E-state index is 12.1. The van der Waals surface area contributed by atoms with Gasteiger partial charge < -0.3 is 5.32 Å². The number of thiol groups is 1. The second-order valence-electron chi connectivity index (χ2n) is 4.27. The molecule has 0 heterocycles. The Kier molecular flexibility index (Phi) is 3.72. The Morgan fingerprint density at radius 1 is 1.00 bits per heavy atom. The van der Waals surface area contributed by atoms with E-state index in [4.69, 9.17) is 0 Å². The number of benzene rings is 2. The Hall–Kier alpha value is -1.74. The van der Waals surface area contributed by atoms with Crippen LogP contribution >= 0.6 is 12.6 Å². The topological polar surface area (TPSA) is 29.1 Å².